The first-order chi connectivity index (χ1) is 6.29. The van der Waals surface area contributed by atoms with Crippen LogP contribution in [0, 0.1) is 0 Å². The van der Waals surface area contributed by atoms with Crippen LogP contribution in [0.25, 0.3) is 6.08 Å². The number of thiocarbonyl (C=S) groups is 1. The van der Waals surface area contributed by atoms with Gasteiger partial charge < -0.3 is 5.73 Å². The first kappa shape index (κ1) is 9.88. The maximum atomic E-state index is 5.15. The first-order valence-corrected chi connectivity index (χ1v) is 4.86. The molecule has 0 saturated carbocycles. The van der Waals surface area contributed by atoms with Crippen LogP contribution in [0.2, 0.25) is 0 Å². The fourth-order valence-electron chi connectivity index (χ4n) is 0.668. The van der Waals surface area contributed by atoms with E-state index in [1.54, 1.807) is 17.6 Å². The second-order valence-electron chi connectivity index (χ2n) is 2.13. The summed E-state index contributed by atoms with van der Waals surface area (Å²) >= 11 is 6.22. The number of allylic oxidation sites excluding steroid dienone is 1. The molecule has 0 unspecified atom stereocenters. The number of hydrogen-bond donors (Lipinski definition) is 2. The lowest BCUT2D eigenvalue weighted by Gasteiger charge is -1.90. The average molecular weight is 211 g/mol. The van der Waals surface area contributed by atoms with Gasteiger partial charge in [0.25, 0.3) is 0 Å². The smallest absolute Gasteiger partial charge is 0.184 e. The Balaban J connectivity index is 2.34. The van der Waals surface area contributed by atoms with Crippen molar-refractivity contribution >= 4 is 41.0 Å². The molecule has 0 spiro atoms. The molecule has 0 atom stereocenters. The van der Waals surface area contributed by atoms with Gasteiger partial charge in [0.05, 0.1) is 0 Å². The Labute approximate surface area is 86.0 Å². The van der Waals surface area contributed by atoms with Gasteiger partial charge in [0.1, 0.15) is 0 Å². The molecule has 0 radical (unpaired) electrons. The zero-order chi connectivity index (χ0) is 9.52. The maximum Gasteiger partial charge on any atom is 0.184 e. The Hall–Kier alpha value is -1.20. The molecule has 3 nitrogen and oxygen atoms in total. The highest BCUT2D eigenvalue weighted by molar-refractivity contribution is 7.80. The van der Waals surface area contributed by atoms with Gasteiger partial charge in [-0.3, -0.25) is 5.43 Å². The molecule has 0 fully saturated rings. The quantitative estimate of drug-likeness (QED) is 0.453. The van der Waals surface area contributed by atoms with Crippen molar-refractivity contribution in [3.8, 4) is 0 Å². The minimum atomic E-state index is 0.167. The Morgan fingerprint density at radius 2 is 2.54 bits per heavy atom. The Kier molecular flexibility index (Phi) is 4.14. The molecule has 13 heavy (non-hydrogen) atoms. The molecule has 68 valence electrons. The van der Waals surface area contributed by atoms with Crippen molar-refractivity contribution in [3.63, 3.8) is 0 Å². The molecule has 1 heterocycles. The lowest BCUT2D eigenvalue weighted by molar-refractivity contribution is 1.04. The van der Waals surface area contributed by atoms with Crippen molar-refractivity contribution in [2.45, 2.75) is 0 Å². The van der Waals surface area contributed by atoms with Crippen LogP contribution in [0.5, 0.6) is 0 Å². The highest BCUT2D eigenvalue weighted by atomic mass is 32.1. The lowest BCUT2D eigenvalue weighted by atomic mass is 10.4. The van der Waals surface area contributed by atoms with Crippen molar-refractivity contribution in [3.05, 3.63) is 28.5 Å². The van der Waals surface area contributed by atoms with Gasteiger partial charge in [-0.1, -0.05) is 6.07 Å². The molecular formula is C8H9N3S2. The molecule has 1 aromatic heterocycles. The third kappa shape index (κ3) is 4.39. The fraction of sp³-hybridized carbons (Fsp3) is 0. The number of thiophene rings is 1. The van der Waals surface area contributed by atoms with E-state index in [1.165, 1.54) is 4.88 Å². The molecule has 0 aromatic carbocycles. The topological polar surface area (TPSA) is 50.4 Å². The summed E-state index contributed by atoms with van der Waals surface area (Å²) in [5.74, 6) is 0. The molecule has 1 rings (SSSR count). The van der Waals surface area contributed by atoms with E-state index < -0.39 is 0 Å². The monoisotopic (exact) mass is 211 g/mol. The summed E-state index contributed by atoms with van der Waals surface area (Å²) in [6, 6.07) is 4.02. The summed E-state index contributed by atoms with van der Waals surface area (Å²) < 4.78 is 0. The van der Waals surface area contributed by atoms with E-state index in [1.807, 2.05) is 29.7 Å². The van der Waals surface area contributed by atoms with Crippen LogP contribution >= 0.6 is 23.6 Å². The third-order valence-electron chi connectivity index (χ3n) is 1.14. The van der Waals surface area contributed by atoms with Crippen molar-refractivity contribution in [2.75, 3.05) is 0 Å². The summed E-state index contributed by atoms with van der Waals surface area (Å²) in [7, 11) is 0. The van der Waals surface area contributed by atoms with Gasteiger partial charge in [-0.2, -0.15) is 5.10 Å². The van der Waals surface area contributed by atoms with Crippen molar-refractivity contribution < 1.29 is 0 Å². The Morgan fingerprint density at radius 1 is 1.69 bits per heavy atom. The summed E-state index contributed by atoms with van der Waals surface area (Å²) in [5.41, 5.74) is 7.61. The summed E-state index contributed by atoms with van der Waals surface area (Å²) in [6.45, 7) is 0. The molecule has 0 aliphatic rings. The van der Waals surface area contributed by atoms with Crippen molar-refractivity contribution in [2.24, 2.45) is 10.8 Å². The third-order valence-corrected chi connectivity index (χ3v) is 2.07. The lowest BCUT2D eigenvalue weighted by Crippen LogP contribution is -2.23. The molecule has 5 heteroatoms. The molecule has 0 aliphatic heterocycles. The molecule has 3 N–H and O–H groups in total. The predicted octanol–water partition coefficient (Wildman–Crippen LogP) is 1.58. The minimum absolute atomic E-state index is 0.167. The first-order valence-electron chi connectivity index (χ1n) is 3.58. The van der Waals surface area contributed by atoms with Gasteiger partial charge in [0, 0.05) is 11.1 Å². The molecule has 0 amide bonds. The van der Waals surface area contributed by atoms with Gasteiger partial charge in [-0.05, 0) is 35.8 Å². The van der Waals surface area contributed by atoms with Crippen LogP contribution in [0.4, 0.5) is 0 Å². The summed E-state index contributed by atoms with van der Waals surface area (Å²) in [4.78, 5) is 1.18. The number of nitrogens with zero attached hydrogens (tertiary/aromatic N) is 1. The highest BCUT2D eigenvalue weighted by Crippen LogP contribution is 2.09. The van der Waals surface area contributed by atoms with Gasteiger partial charge in [-0.15, -0.1) is 11.3 Å². The van der Waals surface area contributed by atoms with E-state index in [0.29, 0.717) is 0 Å². The second kappa shape index (κ2) is 5.45. The molecule has 1 aromatic rings. The Morgan fingerprint density at radius 3 is 3.15 bits per heavy atom. The molecule has 0 bridgehead atoms. The zero-order valence-corrected chi connectivity index (χ0v) is 8.44. The number of rotatable bonds is 3. The van der Waals surface area contributed by atoms with E-state index >= 15 is 0 Å². The standard InChI is InChI=1S/C8H9N3S2/c9-8(12)11-10-5-1-3-7-4-2-6-13-7/h1-6H,(H3,9,11,12). The van der Waals surface area contributed by atoms with E-state index in [-0.39, 0.29) is 5.11 Å². The summed E-state index contributed by atoms with van der Waals surface area (Å²) in [5, 5.41) is 5.93. The predicted molar refractivity (Wildman–Crippen MR) is 61.8 cm³/mol. The fourth-order valence-corrected chi connectivity index (χ4v) is 1.35. The van der Waals surface area contributed by atoms with E-state index in [0.717, 1.165) is 0 Å². The van der Waals surface area contributed by atoms with Gasteiger partial charge in [-0.25, -0.2) is 0 Å². The van der Waals surface area contributed by atoms with E-state index in [2.05, 4.69) is 22.7 Å². The van der Waals surface area contributed by atoms with Crippen LogP contribution in [-0.2, 0) is 0 Å². The van der Waals surface area contributed by atoms with Gasteiger partial charge in [0.15, 0.2) is 5.11 Å². The summed E-state index contributed by atoms with van der Waals surface area (Å²) in [6.07, 6.45) is 5.37. The van der Waals surface area contributed by atoms with Crippen LogP contribution < -0.4 is 11.2 Å². The van der Waals surface area contributed by atoms with Gasteiger partial charge in [0.2, 0.25) is 0 Å². The number of nitrogens with two attached hydrogens (primary N) is 1. The largest absolute Gasteiger partial charge is 0.375 e. The number of hydrazone groups is 1. The SMILES string of the molecule is NC(=S)NN=CC=Cc1cccs1. The highest BCUT2D eigenvalue weighted by Gasteiger charge is 1.82. The second-order valence-corrected chi connectivity index (χ2v) is 3.55. The van der Waals surface area contributed by atoms with Crippen molar-refractivity contribution in [1.82, 2.24) is 5.43 Å². The number of hydrogen-bond acceptors (Lipinski definition) is 3. The number of nitrogens with one attached hydrogen (secondary N) is 1. The molecule has 0 aliphatic carbocycles. The average Bonchev–Trinajstić information content (AvgIpc) is 2.55. The van der Waals surface area contributed by atoms with Crippen LogP contribution in [0.1, 0.15) is 4.88 Å². The van der Waals surface area contributed by atoms with Crippen molar-refractivity contribution in [1.29, 1.82) is 0 Å². The van der Waals surface area contributed by atoms with Crippen LogP contribution in [0.3, 0.4) is 0 Å². The normalized spacial score (nSPS) is 11.1. The molecular weight excluding hydrogens is 202 g/mol. The van der Waals surface area contributed by atoms with E-state index in [4.69, 9.17) is 5.73 Å². The van der Waals surface area contributed by atoms with E-state index in [9.17, 15) is 0 Å². The molecule has 0 saturated heterocycles. The maximum absolute atomic E-state index is 5.15. The van der Waals surface area contributed by atoms with Crippen LogP contribution in [0.15, 0.2) is 28.7 Å². The van der Waals surface area contributed by atoms with Crippen LogP contribution in [-0.4, -0.2) is 11.3 Å². The minimum Gasteiger partial charge on any atom is -0.375 e. The Bertz CT molecular complexity index is 314. The van der Waals surface area contributed by atoms with Gasteiger partial charge >= 0.3 is 0 Å². The zero-order valence-electron chi connectivity index (χ0n) is 6.81.